The van der Waals surface area contributed by atoms with Crippen LogP contribution in [0, 0.1) is 12.8 Å². The Morgan fingerprint density at radius 1 is 1.40 bits per heavy atom. The van der Waals surface area contributed by atoms with Crippen molar-refractivity contribution in [3.8, 4) is 0 Å². The van der Waals surface area contributed by atoms with E-state index >= 15 is 0 Å². The number of thiophene rings is 1. The molecular formula is C14H16F3NOS. The molecule has 2 aliphatic rings. The van der Waals surface area contributed by atoms with Crippen LogP contribution in [-0.4, -0.2) is 29.6 Å². The second-order valence-electron chi connectivity index (χ2n) is 5.71. The summed E-state index contributed by atoms with van der Waals surface area (Å²) in [6, 6.07) is 3.80. The number of nitrogens with zero attached hydrogens (tertiary/aromatic N) is 1. The number of aryl methyl sites for hydroxylation is 1. The lowest BCUT2D eigenvalue weighted by Crippen LogP contribution is -2.41. The third-order valence-electron chi connectivity index (χ3n) is 3.85. The fraction of sp³-hybridized carbons (Fsp3) is 0.643. The average molecular weight is 303 g/mol. The fourth-order valence-corrected chi connectivity index (χ4v) is 3.67. The Hall–Kier alpha value is -1.04. The van der Waals surface area contributed by atoms with Gasteiger partial charge in [0.25, 0.3) is 0 Å². The Bertz CT molecular complexity index is 521. The van der Waals surface area contributed by atoms with E-state index in [2.05, 4.69) is 0 Å². The van der Waals surface area contributed by atoms with Crippen molar-refractivity contribution in [1.29, 1.82) is 0 Å². The minimum absolute atomic E-state index is 0.135. The first-order chi connectivity index (χ1) is 9.35. The van der Waals surface area contributed by atoms with E-state index in [-0.39, 0.29) is 23.8 Å². The van der Waals surface area contributed by atoms with Crippen molar-refractivity contribution in [2.75, 3.05) is 6.54 Å². The van der Waals surface area contributed by atoms with Crippen molar-refractivity contribution < 1.29 is 18.0 Å². The third kappa shape index (κ3) is 3.00. The summed E-state index contributed by atoms with van der Waals surface area (Å²) >= 11 is 1.64. The topological polar surface area (TPSA) is 20.3 Å². The van der Waals surface area contributed by atoms with Gasteiger partial charge in [-0.3, -0.25) is 4.79 Å². The molecule has 2 nitrogen and oxygen atoms in total. The first-order valence-corrected chi connectivity index (χ1v) is 7.60. The van der Waals surface area contributed by atoms with Crippen molar-refractivity contribution in [3.05, 3.63) is 21.9 Å². The zero-order valence-corrected chi connectivity index (χ0v) is 11.9. The maximum absolute atomic E-state index is 12.6. The zero-order valence-electron chi connectivity index (χ0n) is 11.1. The first-order valence-electron chi connectivity index (χ1n) is 6.79. The number of halogens is 3. The predicted molar refractivity (Wildman–Crippen MR) is 70.7 cm³/mol. The number of carbonyl (C=O) groups is 1. The molecule has 0 radical (unpaired) electrons. The molecule has 1 aromatic heterocycles. The molecule has 2 fully saturated rings. The predicted octanol–water partition coefficient (Wildman–Crippen LogP) is 3.71. The van der Waals surface area contributed by atoms with Crippen LogP contribution in [0.25, 0.3) is 0 Å². The van der Waals surface area contributed by atoms with Crippen molar-refractivity contribution in [2.45, 2.75) is 44.3 Å². The molecule has 2 atom stereocenters. The van der Waals surface area contributed by atoms with Crippen LogP contribution in [0.4, 0.5) is 13.2 Å². The van der Waals surface area contributed by atoms with Gasteiger partial charge in [0, 0.05) is 27.6 Å². The Morgan fingerprint density at radius 2 is 2.10 bits per heavy atom. The van der Waals surface area contributed by atoms with Crippen molar-refractivity contribution in [3.63, 3.8) is 0 Å². The molecule has 0 spiro atoms. The molecule has 0 unspecified atom stereocenters. The summed E-state index contributed by atoms with van der Waals surface area (Å²) in [5.74, 6) is -0.410. The number of rotatable bonds is 4. The Balaban J connectivity index is 1.66. The van der Waals surface area contributed by atoms with Crippen molar-refractivity contribution in [1.82, 2.24) is 4.90 Å². The molecule has 6 heteroatoms. The van der Waals surface area contributed by atoms with Crippen LogP contribution in [0.1, 0.15) is 34.9 Å². The van der Waals surface area contributed by atoms with Gasteiger partial charge in [0.1, 0.15) is 6.54 Å². The summed E-state index contributed by atoms with van der Waals surface area (Å²) in [6.45, 7) is 0.900. The third-order valence-corrected chi connectivity index (χ3v) is 4.99. The van der Waals surface area contributed by atoms with Crippen LogP contribution in [0.15, 0.2) is 12.1 Å². The van der Waals surface area contributed by atoms with E-state index in [1.807, 2.05) is 19.1 Å². The van der Waals surface area contributed by atoms with Gasteiger partial charge in [0.2, 0.25) is 5.91 Å². The molecule has 0 aromatic carbocycles. The lowest BCUT2D eigenvalue weighted by atomic mass is 10.2. The highest BCUT2D eigenvalue weighted by atomic mass is 32.1. The summed E-state index contributed by atoms with van der Waals surface area (Å²) in [7, 11) is 0. The minimum atomic E-state index is -4.30. The summed E-state index contributed by atoms with van der Waals surface area (Å²) in [5, 5.41) is 0. The summed E-state index contributed by atoms with van der Waals surface area (Å²) in [4.78, 5) is 15.6. The summed E-state index contributed by atoms with van der Waals surface area (Å²) in [5.41, 5.74) is 0. The lowest BCUT2D eigenvalue weighted by Gasteiger charge is -2.24. The second kappa shape index (κ2) is 4.76. The van der Waals surface area contributed by atoms with Crippen LogP contribution in [-0.2, 0) is 4.79 Å². The highest BCUT2D eigenvalue weighted by Crippen LogP contribution is 2.51. The van der Waals surface area contributed by atoms with Gasteiger partial charge in [-0.05, 0) is 38.3 Å². The fourth-order valence-electron chi connectivity index (χ4n) is 2.61. The Labute approximate surface area is 119 Å². The molecule has 0 N–H and O–H groups in total. The first kappa shape index (κ1) is 13.9. The average Bonchev–Trinajstić information content (AvgIpc) is 3.24. The molecule has 1 heterocycles. The van der Waals surface area contributed by atoms with Crippen molar-refractivity contribution in [2.24, 2.45) is 5.92 Å². The van der Waals surface area contributed by atoms with Gasteiger partial charge in [0.05, 0.1) is 0 Å². The van der Waals surface area contributed by atoms with Crippen LogP contribution in [0.3, 0.4) is 0 Å². The standard InChI is InChI=1S/C14H16F3NOS/c1-8-2-5-12(20-8)10-6-11(10)13(19)18(9-3-4-9)7-14(15,16)17/h2,5,9-11H,3-4,6-7H2,1H3/t10-,11-/m1/s1. The molecule has 3 rings (SSSR count). The van der Waals surface area contributed by atoms with Crippen LogP contribution in [0.5, 0.6) is 0 Å². The van der Waals surface area contributed by atoms with Gasteiger partial charge in [-0.1, -0.05) is 0 Å². The number of hydrogen-bond donors (Lipinski definition) is 0. The van der Waals surface area contributed by atoms with Gasteiger partial charge in [-0.25, -0.2) is 0 Å². The quantitative estimate of drug-likeness (QED) is 0.830. The summed E-state index contributed by atoms with van der Waals surface area (Å²) < 4.78 is 37.7. The van der Waals surface area contributed by atoms with Crippen LogP contribution in [0.2, 0.25) is 0 Å². The molecule has 0 aliphatic heterocycles. The minimum Gasteiger partial charge on any atom is -0.330 e. The highest BCUT2D eigenvalue weighted by Gasteiger charge is 2.50. The van der Waals surface area contributed by atoms with Crippen molar-refractivity contribution >= 4 is 17.2 Å². The van der Waals surface area contributed by atoms with Gasteiger partial charge in [-0.15, -0.1) is 11.3 Å². The Kier molecular flexibility index (Phi) is 3.31. The molecule has 1 aromatic rings. The molecule has 2 saturated carbocycles. The van der Waals surface area contributed by atoms with E-state index in [1.165, 1.54) is 4.88 Å². The zero-order chi connectivity index (χ0) is 14.5. The van der Waals surface area contributed by atoms with Gasteiger partial charge in [-0.2, -0.15) is 13.2 Å². The SMILES string of the molecule is Cc1ccc([C@@H]2C[C@H]2C(=O)N(CC(F)(F)F)C2CC2)s1. The van der Waals surface area contributed by atoms with Gasteiger partial charge in [0.15, 0.2) is 0 Å². The van der Waals surface area contributed by atoms with E-state index in [0.29, 0.717) is 19.3 Å². The monoisotopic (exact) mass is 303 g/mol. The van der Waals surface area contributed by atoms with Gasteiger partial charge >= 0.3 is 6.18 Å². The van der Waals surface area contributed by atoms with Crippen LogP contribution < -0.4 is 0 Å². The van der Waals surface area contributed by atoms with E-state index in [1.54, 1.807) is 11.3 Å². The largest absolute Gasteiger partial charge is 0.406 e. The normalized spacial score (nSPS) is 25.6. The maximum atomic E-state index is 12.6. The van der Waals surface area contributed by atoms with E-state index < -0.39 is 12.7 Å². The Morgan fingerprint density at radius 3 is 2.60 bits per heavy atom. The number of carbonyl (C=O) groups excluding carboxylic acids is 1. The van der Waals surface area contributed by atoms with E-state index in [4.69, 9.17) is 0 Å². The number of amides is 1. The molecular weight excluding hydrogens is 287 g/mol. The summed E-state index contributed by atoms with van der Waals surface area (Å²) in [6.07, 6.45) is -2.20. The molecule has 2 aliphatic carbocycles. The molecule has 0 saturated heterocycles. The van der Waals surface area contributed by atoms with E-state index in [0.717, 1.165) is 9.78 Å². The molecule has 20 heavy (non-hydrogen) atoms. The molecule has 1 amide bonds. The molecule has 0 bridgehead atoms. The second-order valence-corrected chi connectivity index (χ2v) is 7.03. The lowest BCUT2D eigenvalue weighted by molar-refractivity contribution is -0.163. The van der Waals surface area contributed by atoms with Gasteiger partial charge < -0.3 is 4.90 Å². The number of hydrogen-bond acceptors (Lipinski definition) is 2. The smallest absolute Gasteiger partial charge is 0.330 e. The number of alkyl halides is 3. The van der Waals surface area contributed by atoms with Crippen LogP contribution >= 0.6 is 11.3 Å². The van der Waals surface area contributed by atoms with E-state index in [9.17, 15) is 18.0 Å². The molecule has 110 valence electrons. The highest BCUT2D eigenvalue weighted by molar-refractivity contribution is 7.12. The maximum Gasteiger partial charge on any atom is 0.406 e.